The molecule has 0 aliphatic rings. The van der Waals surface area contributed by atoms with Gasteiger partial charge >= 0.3 is 6.18 Å². The van der Waals surface area contributed by atoms with Crippen LogP contribution in [-0.2, 0) is 18.1 Å². The van der Waals surface area contributed by atoms with E-state index in [0.717, 1.165) is 11.8 Å². The Bertz CT molecular complexity index is 648. The molecule has 0 aromatic carbocycles. The third-order valence-corrected chi connectivity index (χ3v) is 3.23. The largest absolute Gasteiger partial charge is 0.419 e. The zero-order valence-corrected chi connectivity index (χ0v) is 12.9. The van der Waals surface area contributed by atoms with E-state index >= 15 is 0 Å². The highest BCUT2D eigenvalue weighted by Gasteiger charge is 2.35. The Morgan fingerprint density at radius 1 is 1.19 bits per heavy atom. The van der Waals surface area contributed by atoms with E-state index in [4.69, 9.17) is 0 Å². The van der Waals surface area contributed by atoms with Crippen LogP contribution in [0.1, 0.15) is 37.7 Å². The molecule has 116 valence electrons. The van der Waals surface area contributed by atoms with Crippen LogP contribution in [0.3, 0.4) is 0 Å². The second-order valence-corrected chi connectivity index (χ2v) is 6.51. The van der Waals surface area contributed by atoms with Gasteiger partial charge < -0.3 is 9.30 Å². The summed E-state index contributed by atoms with van der Waals surface area (Å²) in [7, 11) is 3.78. The maximum Gasteiger partial charge on any atom is 0.419 e. The first-order valence-corrected chi connectivity index (χ1v) is 6.74. The molecule has 0 saturated heterocycles. The number of halogens is 3. The lowest BCUT2D eigenvalue weighted by Crippen LogP contribution is -2.19. The van der Waals surface area contributed by atoms with Crippen molar-refractivity contribution in [3.05, 3.63) is 35.3 Å². The first-order chi connectivity index (χ1) is 9.51. The minimum absolute atomic E-state index is 0.0215. The monoisotopic (exact) mass is 299 g/mol. The summed E-state index contributed by atoms with van der Waals surface area (Å²) in [5.74, 6) is 0. The molecule has 2 heterocycles. The minimum Gasteiger partial charge on any atom is -0.304 e. The lowest BCUT2D eigenvalue weighted by molar-refractivity contribution is -0.136. The average Bonchev–Trinajstić information content (AvgIpc) is 2.65. The highest BCUT2D eigenvalue weighted by molar-refractivity contribution is 5.53. The van der Waals surface area contributed by atoms with Crippen LogP contribution in [0.5, 0.6) is 0 Å². The molecule has 3 nitrogen and oxygen atoms in total. The summed E-state index contributed by atoms with van der Waals surface area (Å²) < 4.78 is 41.0. The molecule has 2 aromatic heterocycles. The maximum atomic E-state index is 13.2. The molecule has 0 bridgehead atoms. The Balaban J connectivity index is 2.79. The Labute approximate surface area is 122 Å². The van der Waals surface area contributed by atoms with E-state index in [1.165, 1.54) is 6.07 Å². The van der Waals surface area contributed by atoms with Crippen molar-refractivity contribution in [1.82, 2.24) is 14.3 Å². The molecule has 0 aliphatic heterocycles. The van der Waals surface area contributed by atoms with Crippen LogP contribution >= 0.6 is 0 Å². The van der Waals surface area contributed by atoms with Crippen LogP contribution in [0.4, 0.5) is 13.2 Å². The maximum absolute atomic E-state index is 13.2. The summed E-state index contributed by atoms with van der Waals surface area (Å²) in [6, 6.07) is 2.50. The zero-order chi connectivity index (χ0) is 16.0. The van der Waals surface area contributed by atoms with E-state index in [2.05, 4.69) is 4.98 Å². The Kier molecular flexibility index (Phi) is 3.78. The van der Waals surface area contributed by atoms with Crippen molar-refractivity contribution in [1.29, 1.82) is 0 Å². The number of nitrogens with zero attached hydrogens (tertiary/aromatic N) is 3. The summed E-state index contributed by atoms with van der Waals surface area (Å²) in [6.45, 7) is 6.42. The van der Waals surface area contributed by atoms with Gasteiger partial charge in [0.2, 0.25) is 0 Å². The zero-order valence-electron chi connectivity index (χ0n) is 12.9. The molecule has 0 amide bonds. The first kappa shape index (κ1) is 15.8. The van der Waals surface area contributed by atoms with E-state index < -0.39 is 11.7 Å². The van der Waals surface area contributed by atoms with Crippen LogP contribution in [0.15, 0.2) is 18.3 Å². The minimum atomic E-state index is -4.40. The third kappa shape index (κ3) is 3.05. The van der Waals surface area contributed by atoms with Crippen molar-refractivity contribution < 1.29 is 13.2 Å². The van der Waals surface area contributed by atoms with Crippen molar-refractivity contribution in [2.24, 2.45) is 0 Å². The predicted octanol–water partition coefficient (Wildman–Crippen LogP) is 3.71. The van der Waals surface area contributed by atoms with Gasteiger partial charge in [0.15, 0.2) is 0 Å². The van der Waals surface area contributed by atoms with Gasteiger partial charge in [-0.25, -0.2) is 4.98 Å². The number of pyridine rings is 1. The molecule has 0 atom stereocenters. The number of rotatable bonds is 2. The number of hydrogen-bond acceptors (Lipinski definition) is 2. The summed E-state index contributed by atoms with van der Waals surface area (Å²) in [6.07, 6.45) is -2.76. The summed E-state index contributed by atoms with van der Waals surface area (Å²) in [5, 5.41) is 0. The van der Waals surface area contributed by atoms with Gasteiger partial charge in [-0.15, -0.1) is 0 Å². The third-order valence-electron chi connectivity index (χ3n) is 3.23. The smallest absolute Gasteiger partial charge is 0.304 e. The van der Waals surface area contributed by atoms with Gasteiger partial charge in [0.25, 0.3) is 0 Å². The van der Waals surface area contributed by atoms with Crippen LogP contribution in [0.25, 0.3) is 5.65 Å². The average molecular weight is 299 g/mol. The topological polar surface area (TPSA) is 20.5 Å². The lowest BCUT2D eigenvalue weighted by atomic mass is 9.90. The SMILES string of the molecule is CN(C)Cc1c(C(C)(C)C)nc2c(C(F)(F)F)cccn12. The highest BCUT2D eigenvalue weighted by atomic mass is 19.4. The van der Waals surface area contributed by atoms with Gasteiger partial charge in [0.1, 0.15) is 5.65 Å². The fourth-order valence-electron chi connectivity index (χ4n) is 2.39. The number of aromatic nitrogens is 2. The number of fused-ring (bicyclic) bond motifs is 1. The van der Waals surface area contributed by atoms with Crippen molar-refractivity contribution in [2.75, 3.05) is 14.1 Å². The molecule has 0 radical (unpaired) electrons. The lowest BCUT2D eigenvalue weighted by Gasteiger charge is -2.19. The molecule has 0 fully saturated rings. The van der Waals surface area contributed by atoms with E-state index in [1.807, 2.05) is 39.8 Å². The molecular formula is C15H20F3N3. The van der Waals surface area contributed by atoms with Gasteiger partial charge in [-0.3, -0.25) is 0 Å². The molecule has 0 saturated carbocycles. The van der Waals surface area contributed by atoms with Gasteiger partial charge in [-0.05, 0) is 26.2 Å². The predicted molar refractivity (Wildman–Crippen MR) is 76.3 cm³/mol. The molecule has 0 spiro atoms. The summed E-state index contributed by atoms with van der Waals surface area (Å²) in [4.78, 5) is 6.25. The van der Waals surface area contributed by atoms with E-state index in [-0.39, 0.29) is 11.1 Å². The van der Waals surface area contributed by atoms with Gasteiger partial charge in [0, 0.05) is 18.2 Å². The molecule has 0 N–H and O–H groups in total. The second-order valence-electron chi connectivity index (χ2n) is 6.51. The highest BCUT2D eigenvalue weighted by Crippen LogP contribution is 2.35. The number of alkyl halides is 3. The molecule has 0 unspecified atom stereocenters. The van der Waals surface area contributed by atoms with Crippen LogP contribution in [0, 0.1) is 0 Å². The van der Waals surface area contributed by atoms with Crippen molar-refractivity contribution >= 4 is 5.65 Å². The fourth-order valence-corrected chi connectivity index (χ4v) is 2.39. The quantitative estimate of drug-likeness (QED) is 0.842. The van der Waals surface area contributed by atoms with E-state index in [0.29, 0.717) is 12.2 Å². The standard InChI is InChI=1S/C15H20F3N3/c1-14(2,3)12-11(9-20(4)5)21-8-6-7-10(13(21)19-12)15(16,17)18/h6-8H,9H2,1-5H3. The molecule has 2 rings (SSSR count). The van der Waals surface area contributed by atoms with Crippen molar-refractivity contribution in [3.8, 4) is 0 Å². The Morgan fingerprint density at radius 2 is 1.81 bits per heavy atom. The summed E-state index contributed by atoms with van der Waals surface area (Å²) in [5.41, 5.74) is 0.467. The van der Waals surface area contributed by atoms with E-state index in [1.54, 1.807) is 10.6 Å². The first-order valence-electron chi connectivity index (χ1n) is 6.74. The van der Waals surface area contributed by atoms with Gasteiger partial charge in [-0.1, -0.05) is 20.8 Å². The number of imidazole rings is 1. The molecule has 0 aliphatic carbocycles. The summed E-state index contributed by atoms with van der Waals surface area (Å²) >= 11 is 0. The number of hydrogen-bond donors (Lipinski definition) is 0. The second kappa shape index (κ2) is 5.02. The fraction of sp³-hybridized carbons (Fsp3) is 0.533. The molecule has 2 aromatic rings. The van der Waals surface area contributed by atoms with Crippen LogP contribution < -0.4 is 0 Å². The van der Waals surface area contributed by atoms with Crippen LogP contribution in [0.2, 0.25) is 0 Å². The molecular weight excluding hydrogens is 279 g/mol. The van der Waals surface area contributed by atoms with E-state index in [9.17, 15) is 13.2 Å². The molecule has 21 heavy (non-hydrogen) atoms. The van der Waals surface area contributed by atoms with Gasteiger partial charge in [-0.2, -0.15) is 13.2 Å². The normalized spacial score (nSPS) is 13.4. The molecule has 6 heteroatoms. The Morgan fingerprint density at radius 3 is 2.29 bits per heavy atom. The van der Waals surface area contributed by atoms with Crippen molar-refractivity contribution in [2.45, 2.75) is 38.9 Å². The Hall–Kier alpha value is -1.56. The van der Waals surface area contributed by atoms with Crippen molar-refractivity contribution in [3.63, 3.8) is 0 Å². The van der Waals surface area contributed by atoms with Gasteiger partial charge in [0.05, 0.1) is 17.0 Å². The van der Waals surface area contributed by atoms with Crippen LogP contribution in [-0.4, -0.2) is 28.4 Å².